The minimum absolute atomic E-state index is 0.00665. The van der Waals surface area contributed by atoms with Crippen LogP contribution >= 0.6 is 7.60 Å². The molecule has 17 heavy (non-hydrogen) atoms. The van der Waals surface area contributed by atoms with Crippen molar-refractivity contribution in [2.75, 3.05) is 20.4 Å². The molecule has 1 rings (SSSR count). The summed E-state index contributed by atoms with van der Waals surface area (Å²) < 4.78 is 21.4. The fraction of sp³-hybridized carbons (Fsp3) is 0.750. The molecule has 1 saturated carbocycles. The van der Waals surface area contributed by atoms with Crippen LogP contribution < -0.4 is 0 Å². The second-order valence-corrected chi connectivity index (χ2v) is 6.59. The van der Waals surface area contributed by atoms with Crippen LogP contribution in [0.25, 0.3) is 0 Å². The Labute approximate surface area is 103 Å². The predicted octanol–water partition coefficient (Wildman–Crippen LogP) is 3.18. The van der Waals surface area contributed by atoms with Gasteiger partial charge in [-0.3, -0.25) is 9.36 Å². The van der Waals surface area contributed by atoms with Crippen molar-refractivity contribution in [1.29, 1.82) is 0 Å². The molecule has 0 radical (unpaired) electrons. The first kappa shape index (κ1) is 14.6. The highest BCUT2D eigenvalue weighted by molar-refractivity contribution is 7.54. The van der Waals surface area contributed by atoms with E-state index in [4.69, 9.17) is 9.05 Å². The van der Waals surface area contributed by atoms with Gasteiger partial charge in [-0.15, -0.1) is 0 Å². The lowest BCUT2D eigenvalue weighted by molar-refractivity contribution is -0.121. The summed E-state index contributed by atoms with van der Waals surface area (Å²) in [7, 11) is -0.559. The molecule has 0 heterocycles. The van der Waals surface area contributed by atoms with Crippen LogP contribution in [0.3, 0.4) is 0 Å². The zero-order chi connectivity index (χ0) is 12.9. The van der Waals surface area contributed by atoms with Crippen LogP contribution in [0.1, 0.15) is 32.6 Å². The lowest BCUT2D eigenvalue weighted by Gasteiger charge is -2.23. The Kier molecular flexibility index (Phi) is 5.57. The van der Waals surface area contributed by atoms with Gasteiger partial charge in [0.05, 0.1) is 0 Å². The number of ketones is 1. The molecule has 0 saturated heterocycles. The highest BCUT2D eigenvalue weighted by Crippen LogP contribution is 2.47. The molecule has 1 aliphatic carbocycles. The van der Waals surface area contributed by atoms with E-state index in [0.29, 0.717) is 0 Å². The molecule has 0 amide bonds. The number of allylic oxidation sites excluding steroid dienone is 2. The van der Waals surface area contributed by atoms with Gasteiger partial charge >= 0.3 is 7.60 Å². The number of hydrogen-bond donors (Lipinski definition) is 0. The number of Topliss-reactive ketones (excluding diaryl/α,β-unsaturated/α-hetero) is 1. The Bertz CT molecular complexity index is 330. The normalized spacial score (nSPS) is 21.4. The van der Waals surface area contributed by atoms with Gasteiger partial charge in [0.15, 0.2) is 0 Å². The molecule has 98 valence electrons. The Morgan fingerprint density at radius 3 is 2.29 bits per heavy atom. The van der Waals surface area contributed by atoms with Gasteiger partial charge in [0.1, 0.15) is 11.9 Å². The lowest BCUT2D eigenvalue weighted by Crippen LogP contribution is -2.22. The van der Waals surface area contributed by atoms with Gasteiger partial charge in [-0.1, -0.05) is 11.6 Å². The van der Waals surface area contributed by atoms with Crippen molar-refractivity contribution < 1.29 is 18.4 Å². The molecule has 4 nitrogen and oxygen atoms in total. The van der Waals surface area contributed by atoms with Crippen LogP contribution in [-0.2, 0) is 18.4 Å². The second-order valence-electron chi connectivity index (χ2n) is 4.32. The summed E-state index contributed by atoms with van der Waals surface area (Å²) in [4.78, 5) is 12.0. The van der Waals surface area contributed by atoms with E-state index in [1.807, 2.05) is 6.92 Å². The van der Waals surface area contributed by atoms with Gasteiger partial charge in [-0.25, -0.2) is 0 Å². The quantitative estimate of drug-likeness (QED) is 0.562. The molecule has 0 aromatic carbocycles. The summed E-state index contributed by atoms with van der Waals surface area (Å²) in [6, 6.07) is 0. The van der Waals surface area contributed by atoms with Crippen LogP contribution in [-0.4, -0.2) is 26.2 Å². The largest absolute Gasteiger partial charge is 0.337 e. The molecular formula is C12H21O4P. The number of rotatable bonds is 5. The summed E-state index contributed by atoms with van der Waals surface area (Å²) in [6.07, 6.45) is 5.66. The molecule has 0 N–H and O–H groups in total. The number of carbonyl (C=O) groups excluding carboxylic acids is 1. The first-order valence-corrected chi connectivity index (χ1v) is 7.64. The van der Waals surface area contributed by atoms with E-state index in [2.05, 4.69) is 6.08 Å². The zero-order valence-corrected chi connectivity index (χ0v) is 11.7. The summed E-state index contributed by atoms with van der Waals surface area (Å²) in [5.74, 6) is 0.0181. The molecule has 0 aliphatic heterocycles. The van der Waals surface area contributed by atoms with Crippen LogP contribution in [0.4, 0.5) is 0 Å². The fourth-order valence-corrected chi connectivity index (χ4v) is 3.17. The monoisotopic (exact) mass is 260 g/mol. The molecule has 0 aromatic rings. The van der Waals surface area contributed by atoms with Crippen LogP contribution in [0.15, 0.2) is 11.6 Å². The van der Waals surface area contributed by atoms with Gasteiger partial charge in [0.2, 0.25) is 0 Å². The van der Waals surface area contributed by atoms with Gasteiger partial charge in [0.25, 0.3) is 0 Å². The lowest BCUT2D eigenvalue weighted by atomic mass is 9.84. The van der Waals surface area contributed by atoms with Gasteiger partial charge in [-0.05, 0) is 32.6 Å². The Balaban J connectivity index is 2.52. The Morgan fingerprint density at radius 2 is 1.88 bits per heavy atom. The van der Waals surface area contributed by atoms with E-state index < -0.39 is 7.60 Å². The van der Waals surface area contributed by atoms with Crippen LogP contribution in [0, 0.1) is 5.92 Å². The third kappa shape index (κ3) is 4.06. The highest BCUT2D eigenvalue weighted by atomic mass is 31.2. The van der Waals surface area contributed by atoms with E-state index in [1.54, 1.807) is 0 Å². The third-order valence-electron chi connectivity index (χ3n) is 3.40. The van der Waals surface area contributed by atoms with Gasteiger partial charge in [0, 0.05) is 20.1 Å². The average molecular weight is 260 g/mol. The van der Waals surface area contributed by atoms with E-state index in [-0.39, 0.29) is 17.9 Å². The van der Waals surface area contributed by atoms with Crippen LogP contribution in [0.2, 0.25) is 0 Å². The maximum absolute atomic E-state index is 12.0. The van der Waals surface area contributed by atoms with Crippen molar-refractivity contribution >= 4 is 13.4 Å². The molecule has 0 aromatic heterocycles. The smallest absolute Gasteiger partial charge is 0.312 e. The maximum Gasteiger partial charge on any atom is 0.337 e. The van der Waals surface area contributed by atoms with E-state index in [9.17, 15) is 9.36 Å². The average Bonchev–Trinajstić information content (AvgIpc) is 2.38. The molecule has 1 aliphatic rings. The molecule has 0 bridgehead atoms. The molecule has 0 atom stereocenters. The van der Waals surface area contributed by atoms with Gasteiger partial charge in [-0.2, -0.15) is 0 Å². The number of hydrogen-bond acceptors (Lipinski definition) is 4. The van der Waals surface area contributed by atoms with Crippen molar-refractivity contribution in [2.45, 2.75) is 32.6 Å². The van der Waals surface area contributed by atoms with Crippen molar-refractivity contribution in [2.24, 2.45) is 5.92 Å². The molecule has 0 spiro atoms. The highest BCUT2D eigenvalue weighted by Gasteiger charge is 2.31. The fourth-order valence-electron chi connectivity index (χ4n) is 2.12. The first-order valence-electron chi connectivity index (χ1n) is 5.92. The topological polar surface area (TPSA) is 52.6 Å². The minimum atomic E-state index is -3.19. The summed E-state index contributed by atoms with van der Waals surface area (Å²) in [5.41, 5.74) is 1.41. The van der Waals surface area contributed by atoms with E-state index in [1.165, 1.54) is 19.8 Å². The first-order chi connectivity index (χ1) is 8.04. The predicted molar refractivity (Wildman–Crippen MR) is 67.2 cm³/mol. The Morgan fingerprint density at radius 1 is 1.35 bits per heavy atom. The van der Waals surface area contributed by atoms with Crippen molar-refractivity contribution in [3.8, 4) is 0 Å². The van der Waals surface area contributed by atoms with E-state index >= 15 is 0 Å². The van der Waals surface area contributed by atoms with Crippen molar-refractivity contribution in [1.82, 2.24) is 0 Å². The molecular weight excluding hydrogens is 239 g/mol. The standard InChI is InChI=1S/C12H21O4P/c1-4-10-5-7-11(8-6-10)12(13)9-17(14,15-2)16-3/h4,11H,5-9H2,1-3H3. The Hall–Kier alpha value is -0.440. The van der Waals surface area contributed by atoms with Crippen molar-refractivity contribution in [3.63, 3.8) is 0 Å². The zero-order valence-electron chi connectivity index (χ0n) is 10.8. The molecule has 5 heteroatoms. The molecule has 1 fully saturated rings. The SMILES string of the molecule is CC=C1CCC(C(=O)CP(=O)(OC)OC)CC1. The summed E-state index contributed by atoms with van der Waals surface area (Å²) in [5, 5.41) is 0. The van der Waals surface area contributed by atoms with Gasteiger partial charge < -0.3 is 9.05 Å². The summed E-state index contributed by atoms with van der Waals surface area (Å²) >= 11 is 0. The third-order valence-corrected chi connectivity index (χ3v) is 5.21. The van der Waals surface area contributed by atoms with E-state index in [0.717, 1.165) is 25.7 Å². The minimum Gasteiger partial charge on any atom is -0.312 e. The maximum atomic E-state index is 12.0. The summed E-state index contributed by atoms with van der Waals surface area (Å²) in [6.45, 7) is 2.03. The van der Waals surface area contributed by atoms with Crippen LogP contribution in [0.5, 0.6) is 0 Å². The molecule has 0 unspecified atom stereocenters. The number of carbonyl (C=O) groups is 1. The van der Waals surface area contributed by atoms with Crippen molar-refractivity contribution in [3.05, 3.63) is 11.6 Å². The second kappa shape index (κ2) is 6.48.